The van der Waals surface area contributed by atoms with Crippen molar-refractivity contribution in [1.29, 1.82) is 0 Å². The highest BCUT2D eigenvalue weighted by Crippen LogP contribution is 2.35. The van der Waals surface area contributed by atoms with E-state index in [9.17, 15) is 0 Å². The lowest BCUT2D eigenvalue weighted by atomic mass is 10.1. The number of aryl methyl sites for hydroxylation is 1. The summed E-state index contributed by atoms with van der Waals surface area (Å²) >= 11 is 0. The molecule has 0 radical (unpaired) electrons. The van der Waals surface area contributed by atoms with Crippen molar-refractivity contribution in [2.75, 3.05) is 18.0 Å². The van der Waals surface area contributed by atoms with Gasteiger partial charge in [-0.15, -0.1) is 0 Å². The molecule has 1 saturated carbocycles. The van der Waals surface area contributed by atoms with Gasteiger partial charge in [-0.1, -0.05) is 0 Å². The maximum atomic E-state index is 4.49. The molecule has 2 aromatic heterocycles. The van der Waals surface area contributed by atoms with Crippen molar-refractivity contribution in [3.63, 3.8) is 0 Å². The normalized spacial score (nSPS) is 21.5. The standard InChI is InChI=1S/C18H23N5/c1-14-4-7-19-10-15(14)11-22-9-6-17(12-22)23(16-2-3-16)18-5-8-20-13-21-18/h4-5,7-8,10,13,16-17H,2-3,6,9,11-12H2,1H3. The maximum Gasteiger partial charge on any atom is 0.132 e. The van der Waals surface area contributed by atoms with Gasteiger partial charge in [-0.05, 0) is 49.4 Å². The molecule has 5 heteroatoms. The summed E-state index contributed by atoms with van der Waals surface area (Å²) in [5.74, 6) is 1.09. The minimum atomic E-state index is 0.564. The molecular formula is C18H23N5. The molecule has 0 N–H and O–H groups in total. The fourth-order valence-corrected chi connectivity index (χ4v) is 3.55. The second-order valence-corrected chi connectivity index (χ2v) is 6.69. The minimum absolute atomic E-state index is 0.564. The van der Waals surface area contributed by atoms with Gasteiger partial charge in [0.1, 0.15) is 12.1 Å². The van der Waals surface area contributed by atoms with Crippen LogP contribution >= 0.6 is 0 Å². The highest BCUT2D eigenvalue weighted by Gasteiger charge is 2.37. The fraction of sp³-hybridized carbons (Fsp3) is 0.500. The molecule has 1 aliphatic carbocycles. The Kier molecular flexibility index (Phi) is 3.95. The lowest BCUT2D eigenvalue weighted by molar-refractivity contribution is 0.323. The van der Waals surface area contributed by atoms with Crippen LogP contribution in [0.15, 0.2) is 37.1 Å². The second kappa shape index (κ2) is 6.24. The van der Waals surface area contributed by atoms with E-state index in [1.165, 1.54) is 30.4 Å². The summed E-state index contributed by atoms with van der Waals surface area (Å²) in [6.45, 7) is 5.42. The first kappa shape index (κ1) is 14.6. The minimum Gasteiger partial charge on any atom is -0.349 e. The molecule has 0 aromatic carbocycles. The lowest BCUT2D eigenvalue weighted by Crippen LogP contribution is -2.39. The monoisotopic (exact) mass is 309 g/mol. The molecule has 1 saturated heterocycles. The van der Waals surface area contributed by atoms with Gasteiger partial charge in [-0.25, -0.2) is 9.97 Å². The Morgan fingerprint density at radius 3 is 2.74 bits per heavy atom. The zero-order valence-corrected chi connectivity index (χ0v) is 13.6. The zero-order chi connectivity index (χ0) is 15.6. The lowest BCUT2D eigenvalue weighted by Gasteiger charge is -2.30. The van der Waals surface area contributed by atoms with E-state index in [0.717, 1.165) is 25.5 Å². The average molecular weight is 309 g/mol. The van der Waals surface area contributed by atoms with Crippen molar-refractivity contribution in [3.05, 3.63) is 48.2 Å². The summed E-state index contributed by atoms with van der Waals surface area (Å²) in [5.41, 5.74) is 2.67. The zero-order valence-electron chi connectivity index (χ0n) is 13.6. The van der Waals surface area contributed by atoms with Crippen molar-refractivity contribution >= 4 is 5.82 Å². The molecular weight excluding hydrogens is 286 g/mol. The molecule has 0 amide bonds. The van der Waals surface area contributed by atoms with Gasteiger partial charge >= 0.3 is 0 Å². The summed E-state index contributed by atoms with van der Waals surface area (Å²) in [6, 6.07) is 5.39. The fourth-order valence-electron chi connectivity index (χ4n) is 3.55. The molecule has 2 aliphatic rings. The smallest absolute Gasteiger partial charge is 0.132 e. The van der Waals surface area contributed by atoms with Crippen LogP contribution in [0.4, 0.5) is 5.82 Å². The molecule has 23 heavy (non-hydrogen) atoms. The number of rotatable bonds is 5. The van der Waals surface area contributed by atoms with Crippen molar-refractivity contribution in [1.82, 2.24) is 19.9 Å². The topological polar surface area (TPSA) is 45.2 Å². The van der Waals surface area contributed by atoms with E-state index in [-0.39, 0.29) is 0 Å². The number of pyridine rings is 1. The van der Waals surface area contributed by atoms with Gasteiger partial charge in [-0.3, -0.25) is 9.88 Å². The highest BCUT2D eigenvalue weighted by atomic mass is 15.3. The molecule has 4 rings (SSSR count). The van der Waals surface area contributed by atoms with E-state index >= 15 is 0 Å². The van der Waals surface area contributed by atoms with Crippen LogP contribution in [0.1, 0.15) is 30.4 Å². The molecule has 3 heterocycles. The van der Waals surface area contributed by atoms with Crippen molar-refractivity contribution < 1.29 is 0 Å². The molecule has 1 unspecified atom stereocenters. The number of aromatic nitrogens is 3. The van der Waals surface area contributed by atoms with Crippen LogP contribution in [0, 0.1) is 6.92 Å². The van der Waals surface area contributed by atoms with Gasteiger partial charge < -0.3 is 4.90 Å². The third kappa shape index (κ3) is 3.20. The van der Waals surface area contributed by atoms with Crippen LogP contribution in [0.5, 0.6) is 0 Å². The van der Waals surface area contributed by atoms with Crippen LogP contribution in [0.25, 0.3) is 0 Å². The predicted octanol–water partition coefficient (Wildman–Crippen LogP) is 2.42. The Bertz CT molecular complexity index is 655. The number of anilines is 1. The molecule has 0 spiro atoms. The van der Waals surface area contributed by atoms with Gasteiger partial charge in [0.25, 0.3) is 0 Å². The average Bonchev–Trinajstić information content (AvgIpc) is 3.30. The summed E-state index contributed by atoms with van der Waals surface area (Å²) < 4.78 is 0. The second-order valence-electron chi connectivity index (χ2n) is 6.69. The molecule has 2 fully saturated rings. The molecule has 2 aromatic rings. The Hall–Kier alpha value is -2.01. The molecule has 0 bridgehead atoms. The van der Waals surface area contributed by atoms with Crippen molar-refractivity contribution in [2.45, 2.75) is 44.8 Å². The predicted molar refractivity (Wildman–Crippen MR) is 90.2 cm³/mol. The van der Waals surface area contributed by atoms with E-state index < -0.39 is 0 Å². The van der Waals surface area contributed by atoms with Crippen LogP contribution in [0.3, 0.4) is 0 Å². The number of hydrogen-bond donors (Lipinski definition) is 0. The summed E-state index contributed by atoms with van der Waals surface area (Å²) in [5, 5.41) is 0. The first-order valence-electron chi connectivity index (χ1n) is 8.47. The quantitative estimate of drug-likeness (QED) is 0.849. The van der Waals surface area contributed by atoms with E-state index in [0.29, 0.717) is 12.1 Å². The third-order valence-electron chi connectivity index (χ3n) is 4.95. The van der Waals surface area contributed by atoms with Crippen molar-refractivity contribution in [2.24, 2.45) is 0 Å². The maximum absolute atomic E-state index is 4.49. The summed E-state index contributed by atoms with van der Waals surface area (Å²) in [6.07, 6.45) is 11.2. The van der Waals surface area contributed by atoms with Gasteiger partial charge in [0.15, 0.2) is 0 Å². The van der Waals surface area contributed by atoms with Gasteiger partial charge in [0.2, 0.25) is 0 Å². The van der Waals surface area contributed by atoms with Crippen LogP contribution < -0.4 is 4.90 Å². The number of hydrogen-bond acceptors (Lipinski definition) is 5. The van der Waals surface area contributed by atoms with Gasteiger partial charge in [0.05, 0.1) is 0 Å². The number of nitrogens with zero attached hydrogens (tertiary/aromatic N) is 5. The first-order valence-corrected chi connectivity index (χ1v) is 8.47. The van der Waals surface area contributed by atoms with Crippen LogP contribution in [0.2, 0.25) is 0 Å². The molecule has 5 nitrogen and oxygen atoms in total. The van der Waals surface area contributed by atoms with E-state index in [4.69, 9.17) is 0 Å². The largest absolute Gasteiger partial charge is 0.349 e. The number of likely N-dealkylation sites (tertiary alicyclic amines) is 1. The summed E-state index contributed by atoms with van der Waals surface area (Å²) in [7, 11) is 0. The Morgan fingerprint density at radius 2 is 2.00 bits per heavy atom. The SMILES string of the molecule is Cc1ccncc1CN1CCC(N(c2ccncn2)C2CC2)C1. The third-order valence-corrected chi connectivity index (χ3v) is 4.95. The van der Waals surface area contributed by atoms with E-state index in [2.05, 4.69) is 37.7 Å². The Labute approximate surface area is 137 Å². The Morgan fingerprint density at radius 1 is 1.13 bits per heavy atom. The molecule has 1 atom stereocenters. The molecule has 120 valence electrons. The first-order chi connectivity index (χ1) is 11.3. The van der Waals surface area contributed by atoms with Crippen LogP contribution in [-0.4, -0.2) is 45.0 Å². The van der Waals surface area contributed by atoms with Gasteiger partial charge in [0, 0.05) is 50.3 Å². The van der Waals surface area contributed by atoms with Crippen LogP contribution in [-0.2, 0) is 6.54 Å². The van der Waals surface area contributed by atoms with Crippen molar-refractivity contribution in [3.8, 4) is 0 Å². The highest BCUT2D eigenvalue weighted by molar-refractivity contribution is 5.42. The molecule has 1 aliphatic heterocycles. The summed E-state index contributed by atoms with van der Waals surface area (Å²) in [4.78, 5) is 17.9. The van der Waals surface area contributed by atoms with Gasteiger partial charge in [-0.2, -0.15) is 0 Å². The Balaban J connectivity index is 1.46. The van der Waals surface area contributed by atoms with E-state index in [1.807, 2.05) is 24.7 Å². The van der Waals surface area contributed by atoms with E-state index in [1.54, 1.807) is 6.33 Å².